The third-order valence-electron chi connectivity index (χ3n) is 6.08. The third kappa shape index (κ3) is 5.24. The van der Waals surface area contributed by atoms with Gasteiger partial charge in [0.15, 0.2) is 5.69 Å². The predicted molar refractivity (Wildman–Crippen MR) is 128 cm³/mol. The zero-order chi connectivity index (χ0) is 23.3. The molecule has 0 saturated heterocycles. The molecule has 32 heavy (non-hydrogen) atoms. The largest absolute Gasteiger partial charge is 0.383 e. The summed E-state index contributed by atoms with van der Waals surface area (Å²) >= 11 is 6.28. The van der Waals surface area contributed by atoms with Crippen LogP contribution in [0.2, 0.25) is 5.02 Å². The zero-order valence-corrected chi connectivity index (χ0v) is 19.5. The van der Waals surface area contributed by atoms with Gasteiger partial charge in [0.05, 0.1) is 6.54 Å². The smallest absolute Gasteiger partial charge is 0.330 e. The Morgan fingerprint density at radius 1 is 1.31 bits per heavy atom. The number of aromatic amines is 1. The predicted octanol–water partition coefficient (Wildman–Crippen LogP) is 3.20. The number of nitrogen functional groups attached to an aromatic ring is 1. The van der Waals surface area contributed by atoms with Crippen molar-refractivity contribution in [2.75, 3.05) is 17.2 Å². The second-order valence-electron chi connectivity index (χ2n) is 8.32. The van der Waals surface area contributed by atoms with Crippen molar-refractivity contribution in [3.05, 3.63) is 55.7 Å². The van der Waals surface area contributed by atoms with Crippen LogP contribution >= 0.6 is 11.6 Å². The van der Waals surface area contributed by atoms with Gasteiger partial charge < -0.3 is 16.0 Å². The quantitative estimate of drug-likeness (QED) is 0.530. The Morgan fingerprint density at radius 3 is 2.66 bits per heavy atom. The number of unbranched alkanes of at least 4 members (excludes halogenated alkanes) is 1. The lowest BCUT2D eigenvalue weighted by molar-refractivity contribution is -0.118. The van der Waals surface area contributed by atoms with Crippen molar-refractivity contribution in [3.8, 4) is 0 Å². The van der Waals surface area contributed by atoms with Crippen molar-refractivity contribution in [1.29, 1.82) is 0 Å². The maximum absolute atomic E-state index is 13.4. The molecule has 0 bridgehead atoms. The molecule has 1 aromatic heterocycles. The van der Waals surface area contributed by atoms with E-state index in [4.69, 9.17) is 17.3 Å². The molecule has 4 N–H and O–H groups in total. The van der Waals surface area contributed by atoms with Gasteiger partial charge in [-0.15, -0.1) is 0 Å². The van der Waals surface area contributed by atoms with Gasteiger partial charge >= 0.3 is 5.69 Å². The van der Waals surface area contributed by atoms with Crippen LogP contribution in [0.4, 0.5) is 11.5 Å². The van der Waals surface area contributed by atoms with Gasteiger partial charge in [0, 0.05) is 23.7 Å². The normalized spacial score (nSPS) is 15.1. The van der Waals surface area contributed by atoms with E-state index in [1.54, 1.807) is 0 Å². The van der Waals surface area contributed by atoms with Crippen molar-refractivity contribution in [2.24, 2.45) is 0 Å². The molecular weight excluding hydrogens is 430 g/mol. The summed E-state index contributed by atoms with van der Waals surface area (Å²) in [5.74, 6) is -0.208. The Morgan fingerprint density at radius 2 is 2.00 bits per heavy atom. The molecule has 1 aliphatic carbocycles. The van der Waals surface area contributed by atoms with E-state index in [1.165, 1.54) is 9.47 Å². The number of halogens is 1. The molecule has 1 aromatic carbocycles. The molecule has 2 aromatic rings. The molecule has 0 radical (unpaired) electrons. The van der Waals surface area contributed by atoms with E-state index in [1.807, 2.05) is 38.1 Å². The number of anilines is 2. The number of benzene rings is 1. The lowest BCUT2D eigenvalue weighted by Gasteiger charge is -2.30. The average Bonchev–Trinajstić information content (AvgIpc) is 3.29. The summed E-state index contributed by atoms with van der Waals surface area (Å²) in [6, 6.07) is 7.18. The molecule has 1 heterocycles. The number of hydrogen-bond donors (Lipinski definition) is 3. The molecule has 1 fully saturated rings. The summed E-state index contributed by atoms with van der Waals surface area (Å²) in [6.45, 7) is 4.34. The van der Waals surface area contributed by atoms with E-state index in [2.05, 4.69) is 10.3 Å². The molecule has 0 spiro atoms. The first-order valence-electron chi connectivity index (χ1n) is 11.3. The van der Waals surface area contributed by atoms with E-state index < -0.39 is 11.2 Å². The minimum atomic E-state index is -0.625. The fourth-order valence-electron chi connectivity index (χ4n) is 4.28. The van der Waals surface area contributed by atoms with Crippen LogP contribution in [-0.2, 0) is 11.3 Å². The van der Waals surface area contributed by atoms with Crippen LogP contribution in [-0.4, -0.2) is 28.0 Å². The van der Waals surface area contributed by atoms with E-state index in [-0.39, 0.29) is 36.0 Å². The van der Waals surface area contributed by atoms with Crippen molar-refractivity contribution in [3.63, 3.8) is 0 Å². The third-order valence-corrected chi connectivity index (χ3v) is 6.42. The lowest BCUT2D eigenvalue weighted by Crippen LogP contribution is -2.48. The minimum Gasteiger partial charge on any atom is -0.383 e. The molecule has 1 atom stereocenters. The lowest BCUT2D eigenvalue weighted by atomic mass is 10.1. The van der Waals surface area contributed by atoms with Crippen molar-refractivity contribution < 1.29 is 4.79 Å². The van der Waals surface area contributed by atoms with Gasteiger partial charge in [-0.25, -0.2) is 4.79 Å². The number of nitrogens with two attached hydrogens (primary N) is 1. The van der Waals surface area contributed by atoms with Gasteiger partial charge in [-0.2, -0.15) is 0 Å². The van der Waals surface area contributed by atoms with Crippen LogP contribution in [0.25, 0.3) is 0 Å². The second-order valence-corrected chi connectivity index (χ2v) is 8.73. The highest BCUT2D eigenvalue weighted by Crippen LogP contribution is 2.29. The summed E-state index contributed by atoms with van der Waals surface area (Å²) in [7, 11) is 0. The summed E-state index contributed by atoms with van der Waals surface area (Å²) in [6.07, 6.45) is 5.15. The maximum Gasteiger partial charge on any atom is 0.330 e. The van der Waals surface area contributed by atoms with Gasteiger partial charge in [0.1, 0.15) is 5.82 Å². The Bertz CT molecular complexity index is 1060. The van der Waals surface area contributed by atoms with Crippen molar-refractivity contribution >= 4 is 29.0 Å². The number of nitrogens with zero attached hydrogens (tertiary/aromatic N) is 2. The van der Waals surface area contributed by atoms with Gasteiger partial charge in [-0.1, -0.05) is 56.0 Å². The average molecular weight is 462 g/mol. The summed E-state index contributed by atoms with van der Waals surface area (Å²) in [4.78, 5) is 42.4. The number of hydrogen-bond acceptors (Lipinski definition) is 5. The van der Waals surface area contributed by atoms with Gasteiger partial charge in [0.25, 0.3) is 5.56 Å². The van der Waals surface area contributed by atoms with Crippen LogP contribution in [0.3, 0.4) is 0 Å². The monoisotopic (exact) mass is 461 g/mol. The molecule has 1 saturated carbocycles. The highest BCUT2D eigenvalue weighted by molar-refractivity contribution is 6.31. The summed E-state index contributed by atoms with van der Waals surface area (Å²) < 4.78 is 1.36. The molecule has 8 nitrogen and oxygen atoms in total. The van der Waals surface area contributed by atoms with Gasteiger partial charge in [0.2, 0.25) is 5.91 Å². The number of carbonyl (C=O) groups is 1. The standard InChI is InChI=1S/C23H32ClN5O3/c1-3-4-13-28-21(25)20(22(31)27-23(28)32)29(16-9-5-6-10-16)19(30)14-26-15(2)17-11-7-8-12-18(17)24/h7-8,11-12,15-16,26H,3-6,9-10,13-14,25H2,1-2H3,(H,27,31,32). The van der Waals surface area contributed by atoms with E-state index in [9.17, 15) is 14.4 Å². The van der Waals surface area contributed by atoms with Crippen LogP contribution in [0.5, 0.6) is 0 Å². The van der Waals surface area contributed by atoms with E-state index >= 15 is 0 Å². The molecular formula is C23H32ClN5O3. The first-order valence-corrected chi connectivity index (χ1v) is 11.6. The zero-order valence-electron chi connectivity index (χ0n) is 18.7. The summed E-state index contributed by atoms with van der Waals surface area (Å²) in [5, 5.41) is 3.84. The molecule has 1 amide bonds. The Hall–Kier alpha value is -2.58. The maximum atomic E-state index is 13.4. The van der Waals surface area contributed by atoms with Crippen molar-refractivity contribution in [1.82, 2.24) is 14.9 Å². The molecule has 9 heteroatoms. The molecule has 174 valence electrons. The number of rotatable bonds is 9. The highest BCUT2D eigenvalue weighted by Gasteiger charge is 2.32. The second kappa shape index (κ2) is 10.8. The van der Waals surface area contributed by atoms with Crippen LogP contribution in [0, 0.1) is 0 Å². The first-order chi connectivity index (χ1) is 15.3. The number of amides is 1. The van der Waals surface area contributed by atoms with Gasteiger partial charge in [-0.05, 0) is 37.8 Å². The van der Waals surface area contributed by atoms with Crippen LogP contribution in [0.15, 0.2) is 33.9 Å². The van der Waals surface area contributed by atoms with E-state index in [0.29, 0.717) is 11.6 Å². The fraction of sp³-hybridized carbons (Fsp3) is 0.522. The fourth-order valence-corrected chi connectivity index (χ4v) is 4.58. The number of carbonyl (C=O) groups excluding carboxylic acids is 1. The number of H-pyrrole nitrogens is 1. The topological polar surface area (TPSA) is 113 Å². The van der Waals surface area contributed by atoms with Crippen molar-refractivity contribution in [2.45, 2.75) is 71.0 Å². The molecule has 0 aliphatic heterocycles. The number of nitrogens with one attached hydrogen (secondary N) is 2. The Labute approximate surface area is 192 Å². The van der Waals surface area contributed by atoms with Gasteiger partial charge in [-0.3, -0.25) is 19.1 Å². The Balaban J connectivity index is 1.90. The summed E-state index contributed by atoms with van der Waals surface area (Å²) in [5.41, 5.74) is 6.10. The highest BCUT2D eigenvalue weighted by atomic mass is 35.5. The number of aromatic nitrogens is 2. The molecule has 1 aliphatic rings. The Kier molecular flexibility index (Phi) is 8.15. The SMILES string of the molecule is CCCCn1c(N)c(N(C(=O)CNC(C)c2ccccc2Cl)C2CCCC2)c(=O)[nH]c1=O. The first kappa shape index (κ1) is 24.1. The van der Waals surface area contributed by atoms with Crippen LogP contribution < -0.4 is 27.2 Å². The minimum absolute atomic E-state index is 0.00978. The molecule has 3 rings (SSSR count). The van der Waals surface area contributed by atoms with Crippen LogP contribution in [0.1, 0.15) is 64.0 Å². The molecule has 1 unspecified atom stereocenters. The van der Waals surface area contributed by atoms with E-state index in [0.717, 1.165) is 44.1 Å².